The lowest BCUT2D eigenvalue weighted by Gasteiger charge is -2.26. The first-order chi connectivity index (χ1) is 13.6. The summed E-state index contributed by atoms with van der Waals surface area (Å²) in [5.41, 5.74) is 1.90. The van der Waals surface area contributed by atoms with Gasteiger partial charge in [-0.1, -0.05) is 12.1 Å². The van der Waals surface area contributed by atoms with Crippen LogP contribution in [0.25, 0.3) is 0 Å². The van der Waals surface area contributed by atoms with Gasteiger partial charge in [-0.3, -0.25) is 9.59 Å². The van der Waals surface area contributed by atoms with Crippen molar-refractivity contribution in [3.05, 3.63) is 57.0 Å². The maximum Gasteiger partial charge on any atom is 0.263 e. The van der Waals surface area contributed by atoms with Crippen molar-refractivity contribution in [1.82, 2.24) is 10.2 Å². The third-order valence-corrected chi connectivity index (χ3v) is 6.89. The standard InChI is InChI=1S/C22H25FN2O2S/c23-18-6-4-5-15(11-18)14-24-21(26)16-7-8-19-17(12-16)13-20(28-19)22(27)25-9-2-1-3-10-25/h4-6,11,13,16H,1-3,7-10,12,14H2,(H,24,26). The van der Waals surface area contributed by atoms with Gasteiger partial charge in [0, 0.05) is 30.4 Å². The van der Waals surface area contributed by atoms with Crippen molar-refractivity contribution >= 4 is 23.2 Å². The summed E-state index contributed by atoms with van der Waals surface area (Å²) in [5, 5.41) is 2.93. The van der Waals surface area contributed by atoms with E-state index in [0.717, 1.165) is 54.8 Å². The van der Waals surface area contributed by atoms with Gasteiger partial charge < -0.3 is 10.2 Å². The van der Waals surface area contributed by atoms with Crippen LogP contribution in [0.3, 0.4) is 0 Å². The van der Waals surface area contributed by atoms with Crippen molar-refractivity contribution in [2.24, 2.45) is 5.92 Å². The van der Waals surface area contributed by atoms with Crippen LogP contribution in [-0.4, -0.2) is 29.8 Å². The molecule has 1 saturated heterocycles. The largest absolute Gasteiger partial charge is 0.352 e. The molecule has 1 aromatic carbocycles. The summed E-state index contributed by atoms with van der Waals surface area (Å²) in [6.07, 6.45) is 5.69. The van der Waals surface area contributed by atoms with Gasteiger partial charge >= 0.3 is 0 Å². The van der Waals surface area contributed by atoms with Crippen LogP contribution in [-0.2, 0) is 24.2 Å². The number of carbonyl (C=O) groups excluding carboxylic acids is 2. The quantitative estimate of drug-likeness (QED) is 0.845. The van der Waals surface area contributed by atoms with Gasteiger partial charge in [-0.25, -0.2) is 4.39 Å². The number of carbonyl (C=O) groups is 2. The third-order valence-electron chi connectivity index (χ3n) is 5.66. The molecule has 2 aliphatic rings. The molecule has 1 unspecified atom stereocenters. The van der Waals surface area contributed by atoms with Gasteiger partial charge in [-0.15, -0.1) is 11.3 Å². The van der Waals surface area contributed by atoms with Crippen LogP contribution in [0.4, 0.5) is 4.39 Å². The molecule has 0 radical (unpaired) electrons. The van der Waals surface area contributed by atoms with Crippen molar-refractivity contribution < 1.29 is 14.0 Å². The molecule has 1 N–H and O–H groups in total. The Morgan fingerprint density at radius 3 is 2.79 bits per heavy atom. The Morgan fingerprint density at radius 1 is 1.18 bits per heavy atom. The monoisotopic (exact) mass is 400 g/mol. The summed E-state index contributed by atoms with van der Waals surface area (Å²) in [5.74, 6) is -0.233. The molecule has 0 saturated carbocycles. The second-order valence-electron chi connectivity index (χ2n) is 7.70. The Hall–Kier alpha value is -2.21. The number of nitrogens with zero attached hydrogens (tertiary/aromatic N) is 1. The zero-order valence-corrected chi connectivity index (χ0v) is 16.7. The third kappa shape index (κ3) is 4.27. The van der Waals surface area contributed by atoms with Gasteiger partial charge in [0.2, 0.25) is 5.91 Å². The second kappa shape index (κ2) is 8.43. The van der Waals surface area contributed by atoms with Gasteiger partial charge in [0.05, 0.1) is 4.88 Å². The van der Waals surface area contributed by atoms with E-state index in [2.05, 4.69) is 5.32 Å². The van der Waals surface area contributed by atoms with Gasteiger partial charge in [0.1, 0.15) is 5.82 Å². The molecular formula is C22H25FN2O2S. The highest BCUT2D eigenvalue weighted by Gasteiger charge is 2.28. The van der Waals surface area contributed by atoms with Gasteiger partial charge in [-0.05, 0) is 67.9 Å². The predicted molar refractivity (Wildman–Crippen MR) is 108 cm³/mol. The molecule has 28 heavy (non-hydrogen) atoms. The molecule has 1 aliphatic carbocycles. The minimum absolute atomic E-state index is 0.00465. The number of hydrogen-bond acceptors (Lipinski definition) is 3. The van der Waals surface area contributed by atoms with Crippen LogP contribution in [0.15, 0.2) is 30.3 Å². The summed E-state index contributed by atoms with van der Waals surface area (Å²) in [6, 6.07) is 8.29. The SMILES string of the molecule is O=C(NCc1cccc(F)c1)C1CCc2sc(C(=O)N3CCCCC3)cc2C1. The second-order valence-corrected chi connectivity index (χ2v) is 8.84. The van der Waals surface area contributed by atoms with Crippen molar-refractivity contribution in [1.29, 1.82) is 0 Å². The molecular weight excluding hydrogens is 375 g/mol. The molecule has 2 amide bonds. The number of fused-ring (bicyclic) bond motifs is 1. The van der Waals surface area contributed by atoms with Gasteiger partial charge in [0.15, 0.2) is 0 Å². The molecule has 2 aromatic rings. The number of halogens is 1. The van der Waals surface area contributed by atoms with Crippen molar-refractivity contribution in [3.63, 3.8) is 0 Å². The van der Waals surface area contributed by atoms with Crippen molar-refractivity contribution in [2.75, 3.05) is 13.1 Å². The fourth-order valence-corrected chi connectivity index (χ4v) is 5.26. The first-order valence-corrected chi connectivity index (χ1v) is 10.8. The van der Waals surface area contributed by atoms with E-state index in [1.54, 1.807) is 23.5 Å². The molecule has 6 heteroatoms. The number of amides is 2. The average Bonchev–Trinajstić information content (AvgIpc) is 3.15. The average molecular weight is 401 g/mol. The fourth-order valence-electron chi connectivity index (χ4n) is 4.09. The summed E-state index contributed by atoms with van der Waals surface area (Å²) >= 11 is 1.60. The minimum Gasteiger partial charge on any atom is -0.352 e. The van der Waals surface area contributed by atoms with Crippen LogP contribution >= 0.6 is 11.3 Å². The summed E-state index contributed by atoms with van der Waals surface area (Å²) < 4.78 is 13.3. The topological polar surface area (TPSA) is 49.4 Å². The molecule has 1 aliphatic heterocycles. The molecule has 1 fully saturated rings. The Kier molecular flexibility index (Phi) is 5.76. The lowest BCUT2D eigenvalue weighted by Crippen LogP contribution is -2.35. The van der Waals surface area contributed by atoms with Crippen molar-refractivity contribution in [3.8, 4) is 0 Å². The molecule has 1 atom stereocenters. The normalized spacial score (nSPS) is 19.2. The van der Waals surface area contributed by atoms with Crippen LogP contribution < -0.4 is 5.32 Å². The van der Waals surface area contributed by atoms with Crippen LogP contribution in [0.2, 0.25) is 0 Å². The van der Waals surface area contributed by atoms with Crippen LogP contribution in [0, 0.1) is 11.7 Å². The molecule has 4 rings (SSSR count). The van der Waals surface area contributed by atoms with Crippen LogP contribution in [0.1, 0.15) is 51.4 Å². The van der Waals surface area contributed by atoms with Gasteiger partial charge in [0.25, 0.3) is 5.91 Å². The number of nitrogens with one attached hydrogen (secondary N) is 1. The minimum atomic E-state index is -0.293. The summed E-state index contributed by atoms with van der Waals surface area (Å²) in [6.45, 7) is 2.04. The first kappa shape index (κ1) is 19.1. The Balaban J connectivity index is 1.37. The van der Waals surface area contributed by atoms with E-state index in [-0.39, 0.29) is 23.5 Å². The van der Waals surface area contributed by atoms with E-state index < -0.39 is 0 Å². The smallest absolute Gasteiger partial charge is 0.263 e. The van der Waals surface area contributed by atoms with Gasteiger partial charge in [-0.2, -0.15) is 0 Å². The van der Waals surface area contributed by atoms with E-state index >= 15 is 0 Å². The first-order valence-electron chi connectivity index (χ1n) is 10.0. The van der Waals surface area contributed by atoms with E-state index in [4.69, 9.17) is 0 Å². The summed E-state index contributed by atoms with van der Waals surface area (Å²) in [7, 11) is 0. The number of rotatable bonds is 4. The fraction of sp³-hybridized carbons (Fsp3) is 0.455. The van der Waals surface area contributed by atoms with Crippen molar-refractivity contribution in [2.45, 2.75) is 45.1 Å². The summed E-state index contributed by atoms with van der Waals surface area (Å²) in [4.78, 5) is 29.3. The Labute approximate surface area is 168 Å². The highest BCUT2D eigenvalue weighted by Crippen LogP contribution is 2.33. The molecule has 0 bridgehead atoms. The zero-order valence-electron chi connectivity index (χ0n) is 15.9. The highest BCUT2D eigenvalue weighted by molar-refractivity contribution is 7.14. The number of likely N-dealkylation sites (tertiary alicyclic amines) is 1. The number of hydrogen-bond donors (Lipinski definition) is 1. The Morgan fingerprint density at radius 2 is 2.00 bits per heavy atom. The zero-order chi connectivity index (χ0) is 19.5. The molecule has 0 spiro atoms. The maximum absolute atomic E-state index is 13.3. The molecule has 148 valence electrons. The number of aryl methyl sites for hydroxylation is 1. The number of thiophene rings is 1. The lowest BCUT2D eigenvalue weighted by molar-refractivity contribution is -0.125. The maximum atomic E-state index is 13.3. The lowest BCUT2D eigenvalue weighted by atomic mass is 9.87. The molecule has 4 nitrogen and oxygen atoms in total. The number of piperidine rings is 1. The Bertz CT molecular complexity index is 873. The van der Waals surface area contributed by atoms with E-state index in [9.17, 15) is 14.0 Å². The highest BCUT2D eigenvalue weighted by atomic mass is 32.1. The molecule has 2 heterocycles. The van der Waals surface area contributed by atoms with Crippen LogP contribution in [0.5, 0.6) is 0 Å². The molecule has 1 aromatic heterocycles. The predicted octanol–water partition coefficient (Wildman–Crippen LogP) is 3.93. The van der Waals surface area contributed by atoms with E-state index in [0.29, 0.717) is 13.0 Å². The van der Waals surface area contributed by atoms with E-state index in [1.807, 2.05) is 11.0 Å². The van der Waals surface area contributed by atoms with E-state index in [1.165, 1.54) is 23.4 Å². The number of benzene rings is 1.